The Morgan fingerprint density at radius 1 is 1.23 bits per heavy atom. The van der Waals surface area contributed by atoms with Gasteiger partial charge in [0, 0.05) is 19.0 Å². The summed E-state index contributed by atoms with van der Waals surface area (Å²) in [6.45, 7) is 5.86. The molecular weight excluding hydrogens is 276 g/mol. The van der Waals surface area contributed by atoms with Crippen LogP contribution in [0.15, 0.2) is 24.3 Å². The van der Waals surface area contributed by atoms with Crippen LogP contribution in [0.1, 0.15) is 31.2 Å². The minimum Gasteiger partial charge on any atom is -0.497 e. The first kappa shape index (κ1) is 15.3. The van der Waals surface area contributed by atoms with E-state index in [9.17, 15) is 4.79 Å². The van der Waals surface area contributed by atoms with E-state index in [4.69, 9.17) is 4.74 Å². The molecule has 22 heavy (non-hydrogen) atoms. The molecule has 0 bridgehead atoms. The molecule has 4 nitrogen and oxygen atoms in total. The first-order valence-electron chi connectivity index (χ1n) is 8.32. The van der Waals surface area contributed by atoms with E-state index in [-0.39, 0.29) is 5.92 Å². The SMILES string of the molecule is COc1ccc(C2CCN(C(=O)C(C)C3CNC3)CC2)cc1. The molecule has 1 unspecified atom stereocenters. The fraction of sp³-hybridized carbons (Fsp3) is 0.611. The molecule has 1 atom stereocenters. The standard InChI is InChI=1S/C18H26N2O2/c1-13(16-11-19-12-16)18(21)20-9-7-15(8-10-20)14-3-5-17(22-2)6-4-14/h3-6,13,15-16,19H,7-12H2,1-2H3. The Bertz CT molecular complexity index is 502. The number of carbonyl (C=O) groups excluding carboxylic acids is 1. The van der Waals surface area contributed by atoms with Crippen molar-refractivity contribution in [1.82, 2.24) is 10.2 Å². The van der Waals surface area contributed by atoms with E-state index in [0.29, 0.717) is 17.7 Å². The van der Waals surface area contributed by atoms with Crippen molar-refractivity contribution < 1.29 is 9.53 Å². The predicted molar refractivity (Wildman–Crippen MR) is 87.1 cm³/mol. The normalized spacial score (nSPS) is 21.3. The molecule has 1 aromatic rings. The molecule has 120 valence electrons. The number of methoxy groups -OCH3 is 1. The lowest BCUT2D eigenvalue weighted by molar-refractivity contribution is -0.138. The van der Waals surface area contributed by atoms with Crippen LogP contribution in [0.3, 0.4) is 0 Å². The predicted octanol–water partition coefficient (Wildman–Crippen LogP) is 2.26. The minimum absolute atomic E-state index is 0.166. The molecule has 2 heterocycles. The number of ether oxygens (including phenoxy) is 1. The highest BCUT2D eigenvalue weighted by atomic mass is 16.5. The summed E-state index contributed by atoms with van der Waals surface area (Å²) in [5.41, 5.74) is 1.36. The van der Waals surface area contributed by atoms with Gasteiger partial charge in [0.25, 0.3) is 0 Å². The van der Waals surface area contributed by atoms with Crippen LogP contribution < -0.4 is 10.1 Å². The maximum absolute atomic E-state index is 12.5. The van der Waals surface area contributed by atoms with E-state index in [1.807, 2.05) is 12.1 Å². The maximum atomic E-state index is 12.5. The van der Waals surface area contributed by atoms with E-state index in [1.54, 1.807) is 7.11 Å². The summed E-state index contributed by atoms with van der Waals surface area (Å²) in [6, 6.07) is 8.37. The highest BCUT2D eigenvalue weighted by Crippen LogP contribution is 2.30. The molecule has 3 rings (SSSR count). The number of hydrogen-bond acceptors (Lipinski definition) is 3. The monoisotopic (exact) mass is 302 g/mol. The Hall–Kier alpha value is -1.55. The highest BCUT2D eigenvalue weighted by Gasteiger charge is 2.33. The van der Waals surface area contributed by atoms with Crippen LogP contribution in [0.4, 0.5) is 0 Å². The van der Waals surface area contributed by atoms with E-state index in [2.05, 4.69) is 29.3 Å². The molecule has 2 saturated heterocycles. The molecule has 2 aliphatic rings. The van der Waals surface area contributed by atoms with Crippen molar-refractivity contribution in [1.29, 1.82) is 0 Å². The van der Waals surface area contributed by atoms with Gasteiger partial charge < -0.3 is 15.0 Å². The van der Waals surface area contributed by atoms with Crippen LogP contribution in [-0.4, -0.2) is 44.1 Å². The van der Waals surface area contributed by atoms with Crippen molar-refractivity contribution in [3.05, 3.63) is 29.8 Å². The van der Waals surface area contributed by atoms with Crippen molar-refractivity contribution in [2.75, 3.05) is 33.3 Å². The number of nitrogens with one attached hydrogen (secondary N) is 1. The summed E-state index contributed by atoms with van der Waals surface area (Å²) in [7, 11) is 1.69. The minimum atomic E-state index is 0.166. The average Bonchev–Trinajstić information content (AvgIpc) is 2.53. The lowest BCUT2D eigenvalue weighted by Gasteiger charge is -2.38. The summed E-state index contributed by atoms with van der Waals surface area (Å²) in [5, 5.41) is 3.26. The smallest absolute Gasteiger partial charge is 0.225 e. The number of piperidine rings is 1. The largest absolute Gasteiger partial charge is 0.497 e. The molecule has 2 aliphatic heterocycles. The second kappa shape index (κ2) is 6.69. The van der Waals surface area contributed by atoms with Crippen molar-refractivity contribution in [3.8, 4) is 5.75 Å². The third-order valence-electron chi connectivity index (χ3n) is 5.30. The molecule has 0 aliphatic carbocycles. The lowest BCUT2D eigenvalue weighted by Crippen LogP contribution is -2.51. The van der Waals surface area contributed by atoms with Crippen molar-refractivity contribution >= 4 is 5.91 Å². The molecule has 4 heteroatoms. The maximum Gasteiger partial charge on any atom is 0.225 e. The van der Waals surface area contributed by atoms with Gasteiger partial charge in [0.2, 0.25) is 5.91 Å². The zero-order chi connectivity index (χ0) is 15.5. The molecule has 2 fully saturated rings. The molecule has 1 aromatic carbocycles. The van der Waals surface area contributed by atoms with Crippen LogP contribution in [0, 0.1) is 11.8 Å². The van der Waals surface area contributed by atoms with Gasteiger partial charge in [0.1, 0.15) is 5.75 Å². The highest BCUT2D eigenvalue weighted by molar-refractivity contribution is 5.79. The second-order valence-electron chi connectivity index (χ2n) is 6.58. The summed E-state index contributed by atoms with van der Waals surface area (Å²) in [5.74, 6) is 2.51. The fourth-order valence-corrected chi connectivity index (χ4v) is 3.46. The second-order valence-corrected chi connectivity index (χ2v) is 6.58. The van der Waals surface area contributed by atoms with E-state index in [0.717, 1.165) is 44.8 Å². The summed E-state index contributed by atoms with van der Waals surface area (Å²) >= 11 is 0. The third kappa shape index (κ3) is 3.12. The molecule has 0 spiro atoms. The van der Waals surface area contributed by atoms with Gasteiger partial charge in [-0.05, 0) is 55.5 Å². The Balaban J connectivity index is 1.54. The van der Waals surface area contributed by atoms with Crippen LogP contribution in [-0.2, 0) is 4.79 Å². The zero-order valence-electron chi connectivity index (χ0n) is 13.5. The van der Waals surface area contributed by atoms with Crippen LogP contribution in [0.5, 0.6) is 5.75 Å². The average molecular weight is 302 g/mol. The number of likely N-dealkylation sites (tertiary alicyclic amines) is 1. The molecular formula is C18H26N2O2. The molecule has 0 aromatic heterocycles. The summed E-state index contributed by atoms with van der Waals surface area (Å²) in [4.78, 5) is 14.6. The number of rotatable bonds is 4. The Morgan fingerprint density at radius 2 is 1.86 bits per heavy atom. The van der Waals surface area contributed by atoms with Crippen LogP contribution >= 0.6 is 0 Å². The van der Waals surface area contributed by atoms with Gasteiger partial charge >= 0.3 is 0 Å². The summed E-state index contributed by atoms with van der Waals surface area (Å²) in [6.07, 6.45) is 2.13. The topological polar surface area (TPSA) is 41.6 Å². The number of nitrogens with zero attached hydrogens (tertiary/aromatic N) is 1. The number of hydrogen-bond donors (Lipinski definition) is 1. The molecule has 1 N–H and O–H groups in total. The van der Waals surface area contributed by atoms with Gasteiger partial charge in [0.15, 0.2) is 0 Å². The third-order valence-corrected chi connectivity index (χ3v) is 5.30. The quantitative estimate of drug-likeness (QED) is 0.927. The summed E-state index contributed by atoms with van der Waals surface area (Å²) < 4.78 is 5.21. The van der Waals surface area contributed by atoms with Gasteiger partial charge in [-0.15, -0.1) is 0 Å². The van der Waals surface area contributed by atoms with E-state index >= 15 is 0 Å². The van der Waals surface area contributed by atoms with Gasteiger partial charge in [-0.1, -0.05) is 19.1 Å². The van der Waals surface area contributed by atoms with E-state index in [1.165, 1.54) is 5.56 Å². The first-order valence-corrected chi connectivity index (χ1v) is 8.32. The lowest BCUT2D eigenvalue weighted by atomic mass is 9.85. The van der Waals surface area contributed by atoms with Crippen LogP contribution in [0.25, 0.3) is 0 Å². The Labute approximate surface area is 132 Å². The fourth-order valence-electron chi connectivity index (χ4n) is 3.46. The van der Waals surface area contributed by atoms with Crippen molar-refractivity contribution in [2.45, 2.75) is 25.7 Å². The van der Waals surface area contributed by atoms with Gasteiger partial charge in [0.05, 0.1) is 7.11 Å². The van der Waals surface area contributed by atoms with Crippen LogP contribution in [0.2, 0.25) is 0 Å². The number of benzene rings is 1. The van der Waals surface area contributed by atoms with Gasteiger partial charge in [-0.3, -0.25) is 4.79 Å². The first-order chi connectivity index (χ1) is 10.7. The zero-order valence-corrected chi connectivity index (χ0v) is 13.5. The van der Waals surface area contributed by atoms with Crippen molar-refractivity contribution in [3.63, 3.8) is 0 Å². The van der Waals surface area contributed by atoms with Gasteiger partial charge in [-0.25, -0.2) is 0 Å². The molecule has 1 amide bonds. The number of carbonyl (C=O) groups is 1. The molecule has 0 saturated carbocycles. The van der Waals surface area contributed by atoms with E-state index < -0.39 is 0 Å². The number of amides is 1. The Kier molecular flexibility index (Phi) is 4.67. The molecule has 0 radical (unpaired) electrons. The Morgan fingerprint density at radius 3 is 2.36 bits per heavy atom. The van der Waals surface area contributed by atoms with Gasteiger partial charge in [-0.2, -0.15) is 0 Å². The van der Waals surface area contributed by atoms with Crippen molar-refractivity contribution in [2.24, 2.45) is 11.8 Å².